The number of rotatable bonds is 2. The molecular weight excluding hydrogens is 128 g/mol. The largest absolute Gasteiger partial charge is 0.340 e. The Morgan fingerprint density at radius 2 is 2.40 bits per heavy atom. The average molecular weight is 138 g/mol. The van der Waals surface area contributed by atoms with Gasteiger partial charge in [0.15, 0.2) is 5.82 Å². The smallest absolute Gasteiger partial charge is 0.223 e. The van der Waals surface area contributed by atoms with Crippen LogP contribution in [0.3, 0.4) is 0 Å². The summed E-state index contributed by atoms with van der Waals surface area (Å²) in [6.07, 6.45) is 1.78. The standard InChI is InChI=1S/C7H10N2O/c1-4-5(2)7-8-6(3)10-9-7/h4-5H,1H2,2-3H3. The topological polar surface area (TPSA) is 38.9 Å². The zero-order valence-corrected chi connectivity index (χ0v) is 6.16. The van der Waals surface area contributed by atoms with Crippen LogP contribution in [0.15, 0.2) is 17.2 Å². The Balaban J connectivity index is 2.84. The van der Waals surface area contributed by atoms with Crippen molar-refractivity contribution < 1.29 is 4.52 Å². The van der Waals surface area contributed by atoms with Gasteiger partial charge in [-0.3, -0.25) is 0 Å². The number of hydrogen-bond donors (Lipinski definition) is 0. The summed E-state index contributed by atoms with van der Waals surface area (Å²) in [5, 5.41) is 3.73. The van der Waals surface area contributed by atoms with E-state index in [9.17, 15) is 0 Å². The molecule has 1 heterocycles. The number of aryl methyl sites for hydroxylation is 1. The minimum atomic E-state index is 0.178. The lowest BCUT2D eigenvalue weighted by atomic mass is 10.2. The molecule has 0 spiro atoms. The summed E-state index contributed by atoms with van der Waals surface area (Å²) < 4.78 is 4.78. The highest BCUT2D eigenvalue weighted by atomic mass is 16.5. The third kappa shape index (κ3) is 1.23. The van der Waals surface area contributed by atoms with Crippen molar-refractivity contribution >= 4 is 0 Å². The van der Waals surface area contributed by atoms with Gasteiger partial charge in [0.25, 0.3) is 0 Å². The van der Waals surface area contributed by atoms with E-state index in [1.54, 1.807) is 13.0 Å². The summed E-state index contributed by atoms with van der Waals surface area (Å²) in [6, 6.07) is 0. The highest BCUT2D eigenvalue weighted by molar-refractivity contribution is 5.00. The van der Waals surface area contributed by atoms with Crippen molar-refractivity contribution in [2.75, 3.05) is 0 Å². The second kappa shape index (κ2) is 2.64. The number of hydrogen-bond acceptors (Lipinski definition) is 3. The molecule has 1 aromatic rings. The van der Waals surface area contributed by atoms with E-state index in [0.29, 0.717) is 11.7 Å². The fourth-order valence-electron chi connectivity index (χ4n) is 0.605. The zero-order valence-electron chi connectivity index (χ0n) is 6.16. The molecule has 1 unspecified atom stereocenters. The van der Waals surface area contributed by atoms with Crippen LogP contribution in [0.1, 0.15) is 24.6 Å². The van der Waals surface area contributed by atoms with Crippen LogP contribution in [-0.4, -0.2) is 10.1 Å². The van der Waals surface area contributed by atoms with Gasteiger partial charge in [0.2, 0.25) is 5.89 Å². The van der Waals surface area contributed by atoms with Crippen LogP contribution < -0.4 is 0 Å². The van der Waals surface area contributed by atoms with Crippen molar-refractivity contribution in [2.45, 2.75) is 19.8 Å². The third-order valence-corrected chi connectivity index (χ3v) is 1.30. The number of aromatic nitrogens is 2. The molecule has 0 radical (unpaired) electrons. The lowest BCUT2D eigenvalue weighted by Gasteiger charge is -1.93. The first kappa shape index (κ1) is 6.99. The summed E-state index contributed by atoms with van der Waals surface area (Å²) in [5.74, 6) is 1.48. The molecule has 0 amide bonds. The van der Waals surface area contributed by atoms with Gasteiger partial charge < -0.3 is 4.52 Å². The molecule has 0 aliphatic heterocycles. The van der Waals surface area contributed by atoms with E-state index in [-0.39, 0.29) is 5.92 Å². The molecule has 1 aromatic heterocycles. The van der Waals surface area contributed by atoms with Gasteiger partial charge in [-0.25, -0.2) is 0 Å². The predicted molar refractivity (Wildman–Crippen MR) is 37.6 cm³/mol. The molecule has 0 N–H and O–H groups in total. The molecule has 0 bridgehead atoms. The fourth-order valence-corrected chi connectivity index (χ4v) is 0.605. The minimum absolute atomic E-state index is 0.178. The Morgan fingerprint density at radius 1 is 1.70 bits per heavy atom. The normalized spacial score (nSPS) is 13.0. The lowest BCUT2D eigenvalue weighted by Crippen LogP contribution is -1.90. The average Bonchev–Trinajstić information content (AvgIpc) is 2.34. The molecule has 0 fully saturated rings. The summed E-state index contributed by atoms with van der Waals surface area (Å²) in [7, 11) is 0. The van der Waals surface area contributed by atoms with Gasteiger partial charge >= 0.3 is 0 Å². The van der Waals surface area contributed by atoms with Gasteiger partial charge in [-0.15, -0.1) is 6.58 Å². The summed E-state index contributed by atoms with van der Waals surface area (Å²) in [6.45, 7) is 7.36. The van der Waals surface area contributed by atoms with Gasteiger partial charge in [-0.1, -0.05) is 18.2 Å². The second-order valence-corrected chi connectivity index (χ2v) is 2.20. The van der Waals surface area contributed by atoms with Crippen molar-refractivity contribution in [3.63, 3.8) is 0 Å². The highest BCUT2D eigenvalue weighted by Gasteiger charge is 2.06. The van der Waals surface area contributed by atoms with Crippen LogP contribution in [0, 0.1) is 6.92 Å². The van der Waals surface area contributed by atoms with Crippen LogP contribution in [0.4, 0.5) is 0 Å². The van der Waals surface area contributed by atoms with E-state index >= 15 is 0 Å². The maximum Gasteiger partial charge on any atom is 0.223 e. The molecule has 0 saturated heterocycles. The first-order valence-electron chi connectivity index (χ1n) is 3.17. The van der Waals surface area contributed by atoms with E-state index in [4.69, 9.17) is 4.52 Å². The van der Waals surface area contributed by atoms with Crippen molar-refractivity contribution in [1.82, 2.24) is 10.1 Å². The number of nitrogens with zero attached hydrogens (tertiary/aromatic N) is 2. The number of allylic oxidation sites excluding steroid dienone is 1. The Labute approximate surface area is 59.8 Å². The molecule has 0 saturated carbocycles. The minimum Gasteiger partial charge on any atom is -0.340 e. The van der Waals surface area contributed by atoms with E-state index in [2.05, 4.69) is 16.7 Å². The van der Waals surface area contributed by atoms with Gasteiger partial charge in [0, 0.05) is 12.8 Å². The predicted octanol–water partition coefficient (Wildman–Crippen LogP) is 1.67. The molecular formula is C7H10N2O. The van der Waals surface area contributed by atoms with E-state index in [1.807, 2.05) is 6.92 Å². The first-order chi connectivity index (χ1) is 4.74. The summed E-state index contributed by atoms with van der Waals surface area (Å²) in [4.78, 5) is 4.03. The molecule has 3 nitrogen and oxygen atoms in total. The summed E-state index contributed by atoms with van der Waals surface area (Å²) in [5.41, 5.74) is 0. The van der Waals surface area contributed by atoms with Gasteiger partial charge in [-0.05, 0) is 0 Å². The zero-order chi connectivity index (χ0) is 7.56. The monoisotopic (exact) mass is 138 g/mol. The van der Waals surface area contributed by atoms with Crippen molar-refractivity contribution in [1.29, 1.82) is 0 Å². The van der Waals surface area contributed by atoms with Gasteiger partial charge in [0.1, 0.15) is 0 Å². The Kier molecular flexibility index (Phi) is 1.85. The van der Waals surface area contributed by atoms with Crippen molar-refractivity contribution in [3.8, 4) is 0 Å². The lowest BCUT2D eigenvalue weighted by molar-refractivity contribution is 0.386. The Hall–Kier alpha value is -1.12. The van der Waals surface area contributed by atoms with Gasteiger partial charge in [-0.2, -0.15) is 4.98 Å². The molecule has 1 atom stereocenters. The Morgan fingerprint density at radius 3 is 2.80 bits per heavy atom. The Bertz CT molecular complexity index is 229. The van der Waals surface area contributed by atoms with Crippen LogP contribution >= 0.6 is 0 Å². The van der Waals surface area contributed by atoms with Crippen LogP contribution in [0.25, 0.3) is 0 Å². The molecule has 1 rings (SSSR count). The van der Waals surface area contributed by atoms with Gasteiger partial charge in [0.05, 0.1) is 0 Å². The molecule has 0 aliphatic rings. The summed E-state index contributed by atoms with van der Waals surface area (Å²) >= 11 is 0. The SMILES string of the molecule is C=CC(C)c1noc(C)n1. The molecule has 0 aliphatic carbocycles. The van der Waals surface area contributed by atoms with Crippen LogP contribution in [0.5, 0.6) is 0 Å². The molecule has 10 heavy (non-hydrogen) atoms. The maximum atomic E-state index is 4.78. The highest BCUT2D eigenvalue weighted by Crippen LogP contribution is 2.10. The molecule has 3 heteroatoms. The molecule has 54 valence electrons. The second-order valence-electron chi connectivity index (χ2n) is 2.20. The van der Waals surface area contributed by atoms with Crippen LogP contribution in [0.2, 0.25) is 0 Å². The van der Waals surface area contributed by atoms with E-state index in [0.717, 1.165) is 0 Å². The maximum absolute atomic E-state index is 4.78. The van der Waals surface area contributed by atoms with E-state index in [1.165, 1.54) is 0 Å². The quantitative estimate of drug-likeness (QED) is 0.583. The third-order valence-electron chi connectivity index (χ3n) is 1.30. The first-order valence-corrected chi connectivity index (χ1v) is 3.17. The van der Waals surface area contributed by atoms with Crippen LogP contribution in [-0.2, 0) is 0 Å². The fraction of sp³-hybridized carbons (Fsp3) is 0.429. The van der Waals surface area contributed by atoms with Crippen molar-refractivity contribution in [3.05, 3.63) is 24.4 Å². The van der Waals surface area contributed by atoms with Crippen molar-refractivity contribution in [2.24, 2.45) is 0 Å². The van der Waals surface area contributed by atoms with E-state index < -0.39 is 0 Å². The molecule has 0 aromatic carbocycles.